The highest BCUT2D eigenvalue weighted by Crippen LogP contribution is 2.54. The fraction of sp³-hybridized carbons (Fsp3) is 0.571. The van der Waals surface area contributed by atoms with E-state index in [1.54, 1.807) is 20.8 Å². The summed E-state index contributed by atoms with van der Waals surface area (Å²) in [6.07, 6.45) is -11.1. The normalized spacial score (nSPS) is 14.4. The molecule has 0 saturated carbocycles. The number of alkyl halides is 6. The van der Waals surface area contributed by atoms with Crippen LogP contribution in [-0.2, 0) is 10.8 Å². The van der Waals surface area contributed by atoms with E-state index in [0.29, 0.717) is 5.56 Å². The average Bonchev–Trinajstić information content (AvgIpc) is 2.27. The Hall–Kier alpha value is -0.620. The minimum Gasteiger partial charge on any atom is -0.170 e. The standard InChI is InChI=1S/C14H14Cl2F6/c1-11(2,3)7-5-6-8(10(16)9(7)15)12(4,13(17,18)19)14(20,21)22/h5-6H,1-4H3. The molecule has 0 aliphatic carbocycles. The molecule has 0 radical (unpaired) electrons. The molecule has 0 N–H and O–H groups in total. The summed E-state index contributed by atoms with van der Waals surface area (Å²) >= 11 is 11.7. The van der Waals surface area contributed by atoms with Gasteiger partial charge in [-0.15, -0.1) is 0 Å². The Labute approximate surface area is 134 Å². The first-order valence-electron chi connectivity index (χ1n) is 6.17. The van der Waals surface area contributed by atoms with Crippen molar-refractivity contribution in [2.75, 3.05) is 0 Å². The van der Waals surface area contributed by atoms with Crippen molar-refractivity contribution in [3.63, 3.8) is 0 Å². The van der Waals surface area contributed by atoms with Crippen LogP contribution in [0, 0.1) is 0 Å². The predicted molar refractivity (Wildman–Crippen MR) is 74.6 cm³/mol. The Morgan fingerprint density at radius 2 is 1.00 bits per heavy atom. The summed E-state index contributed by atoms with van der Waals surface area (Å²) in [5, 5.41) is -1.03. The van der Waals surface area contributed by atoms with Crippen LogP contribution in [0.1, 0.15) is 38.8 Å². The predicted octanol–water partition coefficient (Wildman–Crippen LogP) is 6.67. The van der Waals surface area contributed by atoms with Gasteiger partial charge in [0.05, 0.1) is 10.0 Å². The molecule has 8 heteroatoms. The maximum atomic E-state index is 13.1. The van der Waals surface area contributed by atoms with Gasteiger partial charge in [-0.05, 0) is 23.5 Å². The molecule has 0 saturated heterocycles. The van der Waals surface area contributed by atoms with Crippen molar-refractivity contribution in [3.8, 4) is 0 Å². The van der Waals surface area contributed by atoms with Crippen LogP contribution in [0.25, 0.3) is 0 Å². The van der Waals surface area contributed by atoms with E-state index in [1.165, 1.54) is 0 Å². The van der Waals surface area contributed by atoms with Gasteiger partial charge in [-0.3, -0.25) is 0 Å². The zero-order chi connectivity index (χ0) is 17.7. The fourth-order valence-electron chi connectivity index (χ4n) is 1.98. The Morgan fingerprint density at radius 3 is 1.32 bits per heavy atom. The first-order chi connectivity index (χ1) is 9.55. The van der Waals surface area contributed by atoms with E-state index in [-0.39, 0.29) is 11.9 Å². The molecule has 0 fully saturated rings. The molecule has 0 nitrogen and oxygen atoms in total. The minimum absolute atomic E-state index is 0.0568. The molecule has 1 rings (SSSR count). The second-order valence-corrected chi connectivity index (χ2v) is 6.92. The summed E-state index contributed by atoms with van der Waals surface area (Å²) in [5.74, 6) is 0. The van der Waals surface area contributed by atoms with E-state index in [0.717, 1.165) is 12.1 Å². The maximum absolute atomic E-state index is 13.1. The Bertz CT molecular complexity index is 552. The second-order valence-electron chi connectivity index (χ2n) is 6.16. The smallest absolute Gasteiger partial charge is 0.170 e. The van der Waals surface area contributed by atoms with Crippen LogP contribution < -0.4 is 0 Å². The van der Waals surface area contributed by atoms with E-state index in [2.05, 4.69) is 0 Å². The third-order valence-electron chi connectivity index (χ3n) is 3.56. The monoisotopic (exact) mass is 366 g/mol. The number of halogens is 8. The Kier molecular flexibility index (Phi) is 4.84. The molecule has 0 heterocycles. The van der Waals surface area contributed by atoms with Gasteiger partial charge in [-0.1, -0.05) is 56.1 Å². The molecule has 1 aromatic rings. The van der Waals surface area contributed by atoms with Crippen LogP contribution in [-0.4, -0.2) is 12.4 Å². The van der Waals surface area contributed by atoms with Crippen molar-refractivity contribution in [2.45, 2.75) is 50.9 Å². The van der Waals surface area contributed by atoms with Crippen LogP contribution in [0.3, 0.4) is 0 Å². The van der Waals surface area contributed by atoms with E-state index >= 15 is 0 Å². The van der Waals surface area contributed by atoms with E-state index in [4.69, 9.17) is 23.2 Å². The zero-order valence-electron chi connectivity index (χ0n) is 12.2. The summed E-state index contributed by atoms with van der Waals surface area (Å²) in [7, 11) is 0. The number of hydrogen-bond donors (Lipinski definition) is 0. The second kappa shape index (κ2) is 5.48. The molecule has 1 aromatic carbocycles. The third kappa shape index (κ3) is 3.04. The Balaban J connectivity index is 3.72. The lowest BCUT2D eigenvalue weighted by molar-refractivity contribution is -0.297. The van der Waals surface area contributed by atoms with Gasteiger partial charge >= 0.3 is 12.4 Å². The molecule has 0 amide bonds. The van der Waals surface area contributed by atoms with Gasteiger partial charge in [-0.25, -0.2) is 0 Å². The topological polar surface area (TPSA) is 0 Å². The van der Waals surface area contributed by atoms with Gasteiger partial charge in [0.2, 0.25) is 0 Å². The van der Waals surface area contributed by atoms with Crippen LogP contribution in [0.5, 0.6) is 0 Å². The minimum atomic E-state index is -5.57. The van der Waals surface area contributed by atoms with Crippen molar-refractivity contribution < 1.29 is 26.3 Å². The van der Waals surface area contributed by atoms with Crippen molar-refractivity contribution >= 4 is 23.2 Å². The number of hydrogen-bond acceptors (Lipinski definition) is 0. The molecule has 126 valence electrons. The first-order valence-corrected chi connectivity index (χ1v) is 6.93. The molecular formula is C14H14Cl2F6. The van der Waals surface area contributed by atoms with E-state index in [1.807, 2.05) is 0 Å². The molecule has 22 heavy (non-hydrogen) atoms. The van der Waals surface area contributed by atoms with Gasteiger partial charge in [0.25, 0.3) is 0 Å². The maximum Gasteiger partial charge on any atom is 0.406 e. The summed E-state index contributed by atoms with van der Waals surface area (Å²) in [6.45, 7) is 5.21. The lowest BCUT2D eigenvalue weighted by Gasteiger charge is -2.35. The van der Waals surface area contributed by atoms with Crippen LogP contribution in [0.4, 0.5) is 26.3 Å². The van der Waals surface area contributed by atoms with Crippen molar-refractivity contribution in [1.82, 2.24) is 0 Å². The summed E-state index contributed by atoms with van der Waals surface area (Å²) < 4.78 is 78.7. The third-order valence-corrected chi connectivity index (χ3v) is 4.44. The van der Waals surface area contributed by atoms with Crippen LogP contribution in [0.15, 0.2) is 12.1 Å². The largest absolute Gasteiger partial charge is 0.406 e. The quantitative estimate of drug-likeness (QED) is 0.486. The summed E-state index contributed by atoms with van der Waals surface area (Å²) in [6, 6.07) is 1.90. The van der Waals surface area contributed by atoms with E-state index < -0.39 is 33.8 Å². The van der Waals surface area contributed by atoms with Crippen LogP contribution in [0.2, 0.25) is 10.0 Å². The summed E-state index contributed by atoms with van der Waals surface area (Å²) in [4.78, 5) is 0. The fourth-order valence-corrected chi connectivity index (χ4v) is 2.78. The van der Waals surface area contributed by atoms with Gasteiger partial charge in [-0.2, -0.15) is 26.3 Å². The number of rotatable bonds is 1. The zero-order valence-corrected chi connectivity index (χ0v) is 13.7. The van der Waals surface area contributed by atoms with Gasteiger partial charge < -0.3 is 0 Å². The average molecular weight is 367 g/mol. The van der Waals surface area contributed by atoms with E-state index in [9.17, 15) is 26.3 Å². The van der Waals surface area contributed by atoms with Crippen molar-refractivity contribution in [1.29, 1.82) is 0 Å². The number of benzene rings is 1. The lowest BCUT2D eigenvalue weighted by atomic mass is 9.78. The highest BCUT2D eigenvalue weighted by Gasteiger charge is 2.69. The highest BCUT2D eigenvalue weighted by molar-refractivity contribution is 6.43. The van der Waals surface area contributed by atoms with Gasteiger partial charge in [0.1, 0.15) is 0 Å². The molecule has 0 aliphatic rings. The Morgan fingerprint density at radius 1 is 0.682 bits per heavy atom. The molecule has 0 bridgehead atoms. The lowest BCUT2D eigenvalue weighted by Crippen LogP contribution is -2.51. The molecule has 0 aliphatic heterocycles. The molecule has 0 unspecified atom stereocenters. The molecule has 0 atom stereocenters. The summed E-state index contributed by atoms with van der Waals surface area (Å²) in [5.41, 5.74) is -5.41. The first kappa shape index (κ1) is 19.4. The van der Waals surface area contributed by atoms with Crippen molar-refractivity contribution in [3.05, 3.63) is 33.3 Å². The molecular weight excluding hydrogens is 353 g/mol. The van der Waals surface area contributed by atoms with Crippen molar-refractivity contribution in [2.24, 2.45) is 0 Å². The molecule has 0 aromatic heterocycles. The van der Waals surface area contributed by atoms with Gasteiger partial charge in [0.15, 0.2) is 5.41 Å². The van der Waals surface area contributed by atoms with Gasteiger partial charge in [0, 0.05) is 0 Å². The SMILES string of the molecule is CC(C)(C)c1ccc(C(C)(C(F)(F)F)C(F)(F)F)c(Cl)c1Cl. The molecule has 0 spiro atoms. The highest BCUT2D eigenvalue weighted by atomic mass is 35.5. The van der Waals surface area contributed by atoms with Crippen LogP contribution >= 0.6 is 23.2 Å².